The first-order valence-corrected chi connectivity index (χ1v) is 11.7. The van der Waals surface area contributed by atoms with Gasteiger partial charge in [-0.1, -0.05) is 29.8 Å². The normalized spacial score (nSPS) is 17.3. The van der Waals surface area contributed by atoms with Gasteiger partial charge in [-0.25, -0.2) is 4.98 Å². The first kappa shape index (κ1) is 20.6. The average molecular weight is 458 g/mol. The number of anilines is 1. The molecule has 4 aromatic rings. The second-order valence-corrected chi connectivity index (χ2v) is 8.97. The summed E-state index contributed by atoms with van der Waals surface area (Å²) in [5, 5.41) is 4.23. The minimum Gasteiger partial charge on any atom is -0.492 e. The van der Waals surface area contributed by atoms with E-state index in [1.54, 1.807) is 0 Å². The Morgan fingerprint density at radius 3 is 3.00 bits per heavy atom. The van der Waals surface area contributed by atoms with Gasteiger partial charge in [0.2, 0.25) is 0 Å². The topological polar surface area (TPSA) is 48.3 Å². The van der Waals surface area contributed by atoms with E-state index in [-0.39, 0.29) is 6.10 Å². The van der Waals surface area contributed by atoms with E-state index >= 15 is 0 Å². The number of benzene rings is 3. The summed E-state index contributed by atoms with van der Waals surface area (Å²) in [4.78, 5) is 4.95. The van der Waals surface area contributed by atoms with Gasteiger partial charge in [0.05, 0.1) is 23.1 Å². The molecular weight excluding hydrogens is 434 g/mol. The lowest BCUT2D eigenvalue weighted by atomic mass is 10.1. The zero-order valence-electron chi connectivity index (χ0n) is 18.4. The Morgan fingerprint density at radius 2 is 2.12 bits per heavy atom. The molecule has 3 heterocycles. The Balaban J connectivity index is 1.37. The van der Waals surface area contributed by atoms with Gasteiger partial charge >= 0.3 is 0 Å². The molecule has 166 valence electrons. The van der Waals surface area contributed by atoms with Gasteiger partial charge in [-0.05, 0) is 61.2 Å². The fourth-order valence-electron chi connectivity index (χ4n) is 4.71. The van der Waals surface area contributed by atoms with Gasteiger partial charge in [0, 0.05) is 35.5 Å². The van der Waals surface area contributed by atoms with Gasteiger partial charge in [-0.2, -0.15) is 0 Å². The first-order valence-electron chi connectivity index (χ1n) is 11.3. The number of fused-ring (bicyclic) bond motifs is 2. The highest BCUT2D eigenvalue weighted by Gasteiger charge is 2.26. The van der Waals surface area contributed by atoms with Gasteiger partial charge in [0.15, 0.2) is 0 Å². The number of nitrogens with one attached hydrogen (secondary N) is 1. The number of hydrogen-bond donors (Lipinski definition) is 1. The quantitative estimate of drug-likeness (QED) is 0.383. The molecule has 1 fully saturated rings. The monoisotopic (exact) mass is 457 g/mol. The van der Waals surface area contributed by atoms with Crippen LogP contribution in [-0.4, -0.2) is 22.8 Å². The van der Waals surface area contributed by atoms with E-state index in [1.165, 1.54) is 11.1 Å². The summed E-state index contributed by atoms with van der Waals surface area (Å²) < 4.78 is 13.9. The number of imidazole rings is 1. The summed E-state index contributed by atoms with van der Waals surface area (Å²) in [5.41, 5.74) is 7.55. The molecule has 1 atom stereocenters. The number of aromatic nitrogens is 2. The van der Waals surface area contributed by atoms with Crippen LogP contribution in [0.5, 0.6) is 5.75 Å². The molecule has 0 unspecified atom stereocenters. The molecule has 2 aliphatic heterocycles. The maximum Gasteiger partial charge on any atom is 0.143 e. The summed E-state index contributed by atoms with van der Waals surface area (Å²) in [6.45, 7) is 4.18. The smallest absolute Gasteiger partial charge is 0.143 e. The van der Waals surface area contributed by atoms with Crippen LogP contribution >= 0.6 is 11.6 Å². The Bertz CT molecular complexity index is 1340. The van der Waals surface area contributed by atoms with Crippen LogP contribution in [0.1, 0.15) is 41.5 Å². The van der Waals surface area contributed by atoms with Crippen LogP contribution < -0.4 is 10.1 Å². The Labute approximate surface area is 198 Å². The molecule has 1 aromatic heterocycles. The van der Waals surface area contributed by atoms with E-state index in [9.17, 15) is 0 Å². The van der Waals surface area contributed by atoms with Crippen LogP contribution in [0.15, 0.2) is 54.6 Å². The lowest BCUT2D eigenvalue weighted by Crippen LogP contribution is -2.10. The zero-order valence-corrected chi connectivity index (χ0v) is 19.2. The summed E-state index contributed by atoms with van der Waals surface area (Å²) in [5.74, 6) is 1.83. The molecule has 6 rings (SSSR count). The van der Waals surface area contributed by atoms with Gasteiger partial charge in [-0.3, -0.25) is 4.57 Å². The van der Waals surface area contributed by atoms with Crippen LogP contribution in [-0.2, 0) is 11.3 Å². The molecule has 5 nitrogen and oxygen atoms in total. The summed E-state index contributed by atoms with van der Waals surface area (Å²) in [6.07, 6.45) is 5.23. The average Bonchev–Trinajstić information content (AvgIpc) is 3.57. The van der Waals surface area contributed by atoms with E-state index < -0.39 is 0 Å². The Kier molecular flexibility index (Phi) is 5.24. The van der Waals surface area contributed by atoms with Crippen LogP contribution in [0.3, 0.4) is 0 Å². The van der Waals surface area contributed by atoms with Crippen molar-refractivity contribution in [2.24, 2.45) is 0 Å². The number of halogens is 1. The van der Waals surface area contributed by atoms with E-state index in [0.29, 0.717) is 18.2 Å². The van der Waals surface area contributed by atoms with Crippen molar-refractivity contribution in [2.75, 3.05) is 18.5 Å². The minimum atomic E-state index is -0.00243. The number of rotatable bonds is 5. The highest BCUT2D eigenvalue weighted by atomic mass is 35.5. The Morgan fingerprint density at radius 1 is 1.18 bits per heavy atom. The maximum absolute atomic E-state index is 6.28. The van der Waals surface area contributed by atoms with Crippen LogP contribution in [0.4, 0.5) is 5.69 Å². The third-order valence-electron chi connectivity index (χ3n) is 6.47. The van der Waals surface area contributed by atoms with Crippen molar-refractivity contribution in [3.63, 3.8) is 0 Å². The molecule has 0 saturated carbocycles. The molecule has 0 amide bonds. The largest absolute Gasteiger partial charge is 0.492 e. The molecular formula is C27H24ClN3O2. The maximum atomic E-state index is 6.28. The van der Waals surface area contributed by atoms with Gasteiger partial charge < -0.3 is 14.8 Å². The van der Waals surface area contributed by atoms with Gasteiger partial charge in [0.25, 0.3) is 0 Å². The Hall–Kier alpha value is -3.02. The van der Waals surface area contributed by atoms with E-state index in [4.69, 9.17) is 26.1 Å². The molecule has 0 aliphatic carbocycles. The van der Waals surface area contributed by atoms with Crippen LogP contribution in [0, 0.1) is 13.3 Å². The van der Waals surface area contributed by atoms with Crippen molar-refractivity contribution in [3.05, 3.63) is 88.6 Å². The minimum absolute atomic E-state index is 0.00243. The van der Waals surface area contributed by atoms with Crippen molar-refractivity contribution in [2.45, 2.75) is 32.4 Å². The van der Waals surface area contributed by atoms with Crippen molar-refractivity contribution in [1.82, 2.24) is 9.55 Å². The van der Waals surface area contributed by atoms with Crippen molar-refractivity contribution < 1.29 is 9.47 Å². The standard InChI is InChI=1S/C27H24ClN3O2/c1-17-19(16-29-21-9-7-18-11-13-33-26(18)15-21)4-2-5-23(17)31-24-10-8-20(28)14-22(24)30-27(31)25-6-3-12-32-25/h2,4-5,7-10,14-15,25,29H,3,6,12-13,16H2,1H3/t25-/m1/s1. The second-order valence-electron chi connectivity index (χ2n) is 8.53. The zero-order chi connectivity index (χ0) is 22.4. The fraction of sp³-hybridized carbons (Fsp3) is 0.259. The summed E-state index contributed by atoms with van der Waals surface area (Å²) in [6, 6.07) is 18.5. The summed E-state index contributed by atoms with van der Waals surface area (Å²) in [7, 11) is 0. The van der Waals surface area contributed by atoms with E-state index in [2.05, 4.69) is 47.5 Å². The number of nitrogens with zero attached hydrogens (tertiary/aromatic N) is 2. The molecule has 1 N–H and O–H groups in total. The number of ether oxygens (including phenoxy) is 2. The SMILES string of the molecule is Cc1c(CNc2ccc3c(c2)OC[C]3)cccc1-n1c([C@H]2CCCO2)nc2cc(Cl)ccc21. The summed E-state index contributed by atoms with van der Waals surface area (Å²) >= 11 is 6.28. The van der Waals surface area contributed by atoms with Crippen molar-refractivity contribution in [3.8, 4) is 11.4 Å². The van der Waals surface area contributed by atoms with Gasteiger partial charge in [-0.15, -0.1) is 0 Å². The first-order chi connectivity index (χ1) is 16.2. The highest BCUT2D eigenvalue weighted by molar-refractivity contribution is 6.31. The van der Waals surface area contributed by atoms with E-state index in [0.717, 1.165) is 59.0 Å². The molecule has 2 radical (unpaired) electrons. The van der Waals surface area contributed by atoms with E-state index in [1.807, 2.05) is 30.3 Å². The third-order valence-corrected chi connectivity index (χ3v) is 6.71. The lowest BCUT2D eigenvalue weighted by Gasteiger charge is -2.18. The van der Waals surface area contributed by atoms with Crippen LogP contribution in [0.25, 0.3) is 16.7 Å². The molecule has 33 heavy (non-hydrogen) atoms. The molecule has 6 heteroatoms. The fourth-order valence-corrected chi connectivity index (χ4v) is 4.88. The van der Waals surface area contributed by atoms with Crippen LogP contribution in [0.2, 0.25) is 5.02 Å². The van der Waals surface area contributed by atoms with Crippen molar-refractivity contribution >= 4 is 28.3 Å². The van der Waals surface area contributed by atoms with Crippen molar-refractivity contribution in [1.29, 1.82) is 0 Å². The highest BCUT2D eigenvalue weighted by Crippen LogP contribution is 2.35. The lowest BCUT2D eigenvalue weighted by molar-refractivity contribution is 0.104. The number of hydrogen-bond acceptors (Lipinski definition) is 4. The molecule has 0 spiro atoms. The van der Waals surface area contributed by atoms with Gasteiger partial charge in [0.1, 0.15) is 24.3 Å². The molecule has 1 saturated heterocycles. The molecule has 3 aromatic carbocycles. The third kappa shape index (κ3) is 3.75. The second kappa shape index (κ2) is 8.40. The predicted molar refractivity (Wildman–Crippen MR) is 130 cm³/mol. The molecule has 0 bridgehead atoms. The molecule has 2 aliphatic rings. The predicted octanol–water partition coefficient (Wildman–Crippen LogP) is 6.27.